The quantitative estimate of drug-likeness (QED) is 0.792. The van der Waals surface area contributed by atoms with E-state index in [0.29, 0.717) is 6.42 Å². The van der Waals surface area contributed by atoms with Crippen LogP contribution in [0.3, 0.4) is 0 Å². The maximum absolute atomic E-state index is 11.3. The highest BCUT2D eigenvalue weighted by molar-refractivity contribution is 5.77. The first-order valence-corrected chi connectivity index (χ1v) is 5.65. The van der Waals surface area contributed by atoms with E-state index in [9.17, 15) is 4.79 Å². The zero-order valence-electron chi connectivity index (χ0n) is 9.44. The van der Waals surface area contributed by atoms with Gasteiger partial charge < -0.3 is 10.6 Å². The van der Waals surface area contributed by atoms with Crippen LogP contribution >= 0.6 is 0 Å². The fraction of sp³-hybridized carbons (Fsp3) is 0.500. The Morgan fingerprint density at radius 1 is 1.62 bits per heavy atom. The van der Waals surface area contributed by atoms with Crippen LogP contribution in [0.15, 0.2) is 24.5 Å². The molecule has 86 valence electrons. The molecule has 1 amide bonds. The van der Waals surface area contributed by atoms with Crippen LogP contribution in [0, 0.1) is 0 Å². The highest BCUT2D eigenvalue weighted by atomic mass is 16.1. The summed E-state index contributed by atoms with van der Waals surface area (Å²) < 4.78 is 0. The van der Waals surface area contributed by atoms with Crippen molar-refractivity contribution in [2.45, 2.75) is 38.4 Å². The Hall–Kier alpha value is -1.42. The van der Waals surface area contributed by atoms with E-state index in [4.69, 9.17) is 0 Å². The standard InChI is InChI=1S/C12H17N3O/c1-9-5-11(6-12(16)15-9)14-8-10-3-2-4-13-7-10/h2-4,7,9,11,14H,5-6,8H2,1H3,(H,15,16). The first-order chi connectivity index (χ1) is 7.74. The predicted molar refractivity (Wildman–Crippen MR) is 61.7 cm³/mol. The molecule has 0 saturated carbocycles. The maximum Gasteiger partial charge on any atom is 0.221 e. The van der Waals surface area contributed by atoms with Crippen LogP contribution in [-0.2, 0) is 11.3 Å². The second-order valence-corrected chi connectivity index (χ2v) is 4.35. The number of hydrogen-bond donors (Lipinski definition) is 2. The third kappa shape index (κ3) is 3.03. The number of carbonyl (C=O) groups excluding carboxylic acids is 1. The third-order valence-corrected chi connectivity index (χ3v) is 2.79. The van der Waals surface area contributed by atoms with Gasteiger partial charge in [0.2, 0.25) is 5.91 Å². The highest BCUT2D eigenvalue weighted by Crippen LogP contribution is 2.10. The Morgan fingerprint density at radius 3 is 3.19 bits per heavy atom. The van der Waals surface area contributed by atoms with E-state index in [-0.39, 0.29) is 18.0 Å². The van der Waals surface area contributed by atoms with Gasteiger partial charge in [0.15, 0.2) is 0 Å². The van der Waals surface area contributed by atoms with E-state index in [1.807, 2.05) is 25.3 Å². The van der Waals surface area contributed by atoms with Crippen molar-refractivity contribution in [2.24, 2.45) is 0 Å². The fourth-order valence-electron chi connectivity index (χ4n) is 2.05. The molecule has 2 N–H and O–H groups in total. The zero-order valence-corrected chi connectivity index (χ0v) is 9.44. The molecule has 0 bridgehead atoms. The van der Waals surface area contributed by atoms with Gasteiger partial charge >= 0.3 is 0 Å². The van der Waals surface area contributed by atoms with Gasteiger partial charge in [-0.1, -0.05) is 6.07 Å². The van der Waals surface area contributed by atoms with Crippen molar-refractivity contribution in [1.29, 1.82) is 0 Å². The summed E-state index contributed by atoms with van der Waals surface area (Å²) in [6.07, 6.45) is 5.18. The number of nitrogens with one attached hydrogen (secondary N) is 2. The van der Waals surface area contributed by atoms with E-state index in [2.05, 4.69) is 15.6 Å². The summed E-state index contributed by atoms with van der Waals surface area (Å²) in [5.41, 5.74) is 1.15. The van der Waals surface area contributed by atoms with Crippen LogP contribution in [0.5, 0.6) is 0 Å². The molecular formula is C12H17N3O. The van der Waals surface area contributed by atoms with Crippen molar-refractivity contribution in [3.8, 4) is 0 Å². The van der Waals surface area contributed by atoms with Gasteiger partial charge in [0.1, 0.15) is 0 Å². The van der Waals surface area contributed by atoms with E-state index in [1.165, 1.54) is 0 Å². The molecular weight excluding hydrogens is 202 g/mol. The van der Waals surface area contributed by atoms with Crippen molar-refractivity contribution in [3.05, 3.63) is 30.1 Å². The molecule has 2 rings (SSSR count). The van der Waals surface area contributed by atoms with Crippen LogP contribution in [0.2, 0.25) is 0 Å². The largest absolute Gasteiger partial charge is 0.354 e. The second-order valence-electron chi connectivity index (χ2n) is 4.35. The number of aromatic nitrogens is 1. The molecule has 4 nitrogen and oxygen atoms in total. The Bertz CT molecular complexity index is 353. The van der Waals surface area contributed by atoms with Crippen LogP contribution in [0.25, 0.3) is 0 Å². The topological polar surface area (TPSA) is 54.0 Å². The lowest BCUT2D eigenvalue weighted by atomic mass is 10.00. The van der Waals surface area contributed by atoms with Crippen molar-refractivity contribution in [1.82, 2.24) is 15.6 Å². The lowest BCUT2D eigenvalue weighted by Crippen LogP contribution is -2.47. The summed E-state index contributed by atoms with van der Waals surface area (Å²) in [5.74, 6) is 0.141. The summed E-state index contributed by atoms with van der Waals surface area (Å²) in [6.45, 7) is 2.81. The van der Waals surface area contributed by atoms with Crippen LogP contribution in [0.4, 0.5) is 0 Å². The average Bonchev–Trinajstić information content (AvgIpc) is 2.27. The number of carbonyl (C=O) groups is 1. The minimum Gasteiger partial charge on any atom is -0.354 e. The monoisotopic (exact) mass is 219 g/mol. The molecule has 1 saturated heterocycles. The number of nitrogens with zero attached hydrogens (tertiary/aromatic N) is 1. The summed E-state index contributed by atoms with van der Waals surface area (Å²) in [4.78, 5) is 15.4. The Balaban J connectivity index is 1.84. The van der Waals surface area contributed by atoms with E-state index in [1.54, 1.807) is 6.20 Å². The molecule has 0 aliphatic carbocycles. The third-order valence-electron chi connectivity index (χ3n) is 2.79. The van der Waals surface area contributed by atoms with Gasteiger partial charge in [-0.25, -0.2) is 0 Å². The normalized spacial score (nSPS) is 25.2. The van der Waals surface area contributed by atoms with E-state index < -0.39 is 0 Å². The molecule has 16 heavy (non-hydrogen) atoms. The van der Waals surface area contributed by atoms with Crippen LogP contribution in [-0.4, -0.2) is 23.0 Å². The van der Waals surface area contributed by atoms with Gasteiger partial charge in [-0.3, -0.25) is 9.78 Å². The molecule has 0 radical (unpaired) electrons. The second kappa shape index (κ2) is 5.07. The maximum atomic E-state index is 11.3. The SMILES string of the molecule is CC1CC(NCc2cccnc2)CC(=O)N1. The first kappa shape index (κ1) is 11.1. The zero-order chi connectivity index (χ0) is 11.4. The Morgan fingerprint density at radius 2 is 2.50 bits per heavy atom. The van der Waals surface area contributed by atoms with Crippen molar-refractivity contribution in [2.75, 3.05) is 0 Å². The fourth-order valence-corrected chi connectivity index (χ4v) is 2.05. The summed E-state index contributed by atoms with van der Waals surface area (Å²) in [7, 11) is 0. The van der Waals surface area contributed by atoms with Crippen molar-refractivity contribution < 1.29 is 4.79 Å². The molecule has 1 aromatic heterocycles. The summed E-state index contributed by atoms with van der Waals surface area (Å²) in [5, 5.41) is 6.31. The molecule has 1 aliphatic heterocycles. The molecule has 1 fully saturated rings. The molecule has 0 spiro atoms. The molecule has 0 aromatic carbocycles. The molecule has 2 heterocycles. The van der Waals surface area contributed by atoms with Crippen LogP contribution < -0.4 is 10.6 Å². The lowest BCUT2D eigenvalue weighted by Gasteiger charge is -2.28. The van der Waals surface area contributed by atoms with Crippen LogP contribution in [0.1, 0.15) is 25.3 Å². The first-order valence-electron chi connectivity index (χ1n) is 5.65. The minimum absolute atomic E-state index is 0.141. The number of amides is 1. The van der Waals surface area contributed by atoms with Gasteiger partial charge in [-0.2, -0.15) is 0 Å². The summed E-state index contributed by atoms with van der Waals surface area (Å²) >= 11 is 0. The lowest BCUT2D eigenvalue weighted by molar-refractivity contribution is -0.123. The molecule has 1 aliphatic rings. The number of piperidine rings is 1. The van der Waals surface area contributed by atoms with Gasteiger partial charge in [-0.05, 0) is 25.0 Å². The number of pyridine rings is 1. The van der Waals surface area contributed by atoms with Gasteiger partial charge in [-0.15, -0.1) is 0 Å². The van der Waals surface area contributed by atoms with Gasteiger partial charge in [0.25, 0.3) is 0 Å². The summed E-state index contributed by atoms with van der Waals surface area (Å²) in [6, 6.07) is 4.51. The molecule has 2 unspecified atom stereocenters. The number of rotatable bonds is 3. The average molecular weight is 219 g/mol. The minimum atomic E-state index is 0.141. The smallest absolute Gasteiger partial charge is 0.221 e. The molecule has 1 aromatic rings. The molecule has 2 atom stereocenters. The number of hydrogen-bond acceptors (Lipinski definition) is 3. The Labute approximate surface area is 95.5 Å². The predicted octanol–water partition coefficient (Wildman–Crippen LogP) is 0.838. The van der Waals surface area contributed by atoms with Gasteiger partial charge in [0, 0.05) is 37.4 Å². The molecule has 4 heteroatoms. The Kier molecular flexibility index (Phi) is 3.51. The van der Waals surface area contributed by atoms with E-state index in [0.717, 1.165) is 18.5 Å². The van der Waals surface area contributed by atoms with Crippen molar-refractivity contribution >= 4 is 5.91 Å². The van der Waals surface area contributed by atoms with E-state index >= 15 is 0 Å². The van der Waals surface area contributed by atoms with Crippen molar-refractivity contribution in [3.63, 3.8) is 0 Å². The highest BCUT2D eigenvalue weighted by Gasteiger charge is 2.22. The van der Waals surface area contributed by atoms with Gasteiger partial charge in [0.05, 0.1) is 0 Å².